The zero-order chi connectivity index (χ0) is 19.4. The third-order valence-electron chi connectivity index (χ3n) is 4.00. The highest BCUT2D eigenvalue weighted by molar-refractivity contribution is 6.04. The Bertz CT molecular complexity index is 965. The maximum absolute atomic E-state index is 12.6. The van der Waals surface area contributed by atoms with Crippen molar-refractivity contribution < 1.29 is 9.53 Å². The van der Waals surface area contributed by atoms with E-state index >= 15 is 0 Å². The molecule has 2 aromatic carbocycles. The highest BCUT2D eigenvalue weighted by Crippen LogP contribution is 2.26. The summed E-state index contributed by atoms with van der Waals surface area (Å²) in [6.07, 6.45) is 1.37. The lowest BCUT2D eigenvalue weighted by atomic mass is 10.1. The zero-order valence-electron chi connectivity index (χ0n) is 15.8. The van der Waals surface area contributed by atoms with E-state index in [-0.39, 0.29) is 11.6 Å². The van der Waals surface area contributed by atoms with Gasteiger partial charge in [-0.1, -0.05) is 12.1 Å². The van der Waals surface area contributed by atoms with Crippen LogP contribution in [-0.4, -0.2) is 23.0 Å². The van der Waals surface area contributed by atoms with Crippen molar-refractivity contribution in [2.24, 2.45) is 0 Å². The van der Waals surface area contributed by atoms with Crippen molar-refractivity contribution >= 4 is 23.1 Å². The van der Waals surface area contributed by atoms with E-state index in [1.807, 2.05) is 51.1 Å². The molecule has 0 atom stereocenters. The average molecular weight is 362 g/mol. The van der Waals surface area contributed by atoms with Gasteiger partial charge in [0, 0.05) is 11.8 Å². The van der Waals surface area contributed by atoms with Crippen LogP contribution in [0.15, 0.2) is 48.8 Å². The van der Waals surface area contributed by atoms with Crippen molar-refractivity contribution in [2.45, 2.75) is 20.8 Å². The number of amides is 1. The van der Waals surface area contributed by atoms with Crippen LogP contribution in [0.4, 0.5) is 17.2 Å². The lowest BCUT2D eigenvalue weighted by molar-refractivity contribution is 0.102. The SMILES string of the molecule is COc1ccc(C)cc1NC(=O)c1cc(Nc2cc(C)cc(C)c2)ncn1. The van der Waals surface area contributed by atoms with E-state index in [9.17, 15) is 4.79 Å². The van der Waals surface area contributed by atoms with E-state index in [1.165, 1.54) is 6.33 Å². The molecule has 0 saturated carbocycles. The van der Waals surface area contributed by atoms with Crippen molar-refractivity contribution in [2.75, 3.05) is 17.7 Å². The molecule has 3 aromatic rings. The van der Waals surface area contributed by atoms with Crippen LogP contribution >= 0.6 is 0 Å². The van der Waals surface area contributed by atoms with Crippen molar-refractivity contribution in [1.82, 2.24) is 9.97 Å². The normalized spacial score (nSPS) is 10.4. The van der Waals surface area contributed by atoms with Crippen LogP contribution < -0.4 is 15.4 Å². The van der Waals surface area contributed by atoms with Crippen molar-refractivity contribution in [3.05, 3.63) is 71.2 Å². The Labute approximate surface area is 158 Å². The van der Waals surface area contributed by atoms with Gasteiger partial charge < -0.3 is 15.4 Å². The monoisotopic (exact) mass is 362 g/mol. The number of rotatable bonds is 5. The highest BCUT2D eigenvalue weighted by atomic mass is 16.5. The molecule has 0 aliphatic carbocycles. The number of nitrogens with one attached hydrogen (secondary N) is 2. The number of hydrogen-bond acceptors (Lipinski definition) is 5. The molecule has 1 heterocycles. The number of nitrogens with zero attached hydrogens (tertiary/aromatic N) is 2. The van der Waals surface area contributed by atoms with Gasteiger partial charge in [-0.25, -0.2) is 9.97 Å². The number of carbonyl (C=O) groups excluding carboxylic acids is 1. The third kappa shape index (κ3) is 4.61. The summed E-state index contributed by atoms with van der Waals surface area (Å²) >= 11 is 0. The fourth-order valence-corrected chi connectivity index (χ4v) is 2.85. The molecular weight excluding hydrogens is 340 g/mol. The Morgan fingerprint density at radius 1 is 0.926 bits per heavy atom. The van der Waals surface area contributed by atoms with Crippen molar-refractivity contribution in [3.63, 3.8) is 0 Å². The first kappa shape index (κ1) is 18.4. The molecule has 3 rings (SSSR count). The predicted molar refractivity (Wildman–Crippen MR) is 107 cm³/mol. The molecule has 0 fully saturated rings. The van der Waals surface area contributed by atoms with Crippen LogP contribution in [0.3, 0.4) is 0 Å². The van der Waals surface area contributed by atoms with Crippen LogP contribution in [0.5, 0.6) is 5.75 Å². The first-order chi connectivity index (χ1) is 12.9. The number of carbonyl (C=O) groups is 1. The van der Waals surface area contributed by atoms with Crippen LogP contribution in [0, 0.1) is 20.8 Å². The molecule has 0 unspecified atom stereocenters. The minimum Gasteiger partial charge on any atom is -0.495 e. The number of benzene rings is 2. The highest BCUT2D eigenvalue weighted by Gasteiger charge is 2.12. The van der Waals surface area contributed by atoms with Crippen molar-refractivity contribution in [3.8, 4) is 5.75 Å². The van der Waals surface area contributed by atoms with E-state index in [2.05, 4.69) is 26.7 Å². The van der Waals surface area contributed by atoms with E-state index < -0.39 is 0 Å². The Kier molecular flexibility index (Phi) is 5.35. The zero-order valence-corrected chi connectivity index (χ0v) is 15.8. The molecule has 0 radical (unpaired) electrons. The molecule has 1 aromatic heterocycles. The Morgan fingerprint density at radius 3 is 2.37 bits per heavy atom. The minimum atomic E-state index is -0.329. The minimum absolute atomic E-state index is 0.264. The number of aryl methyl sites for hydroxylation is 3. The quantitative estimate of drug-likeness (QED) is 0.703. The van der Waals surface area contributed by atoms with Crippen LogP contribution in [0.2, 0.25) is 0 Å². The Hall–Kier alpha value is -3.41. The summed E-state index contributed by atoms with van der Waals surface area (Å²) in [5, 5.41) is 6.07. The second kappa shape index (κ2) is 7.86. The number of methoxy groups -OCH3 is 1. The summed E-state index contributed by atoms with van der Waals surface area (Å²) in [6.45, 7) is 6.02. The molecule has 1 amide bonds. The van der Waals surface area contributed by atoms with Gasteiger partial charge in [-0.3, -0.25) is 4.79 Å². The topological polar surface area (TPSA) is 76.1 Å². The van der Waals surface area contributed by atoms with Gasteiger partial charge >= 0.3 is 0 Å². The Balaban J connectivity index is 1.80. The van der Waals surface area contributed by atoms with Gasteiger partial charge in [0.2, 0.25) is 0 Å². The summed E-state index contributed by atoms with van der Waals surface area (Å²) < 4.78 is 5.30. The fourth-order valence-electron chi connectivity index (χ4n) is 2.85. The van der Waals surface area contributed by atoms with E-state index in [0.717, 1.165) is 22.4 Å². The summed E-state index contributed by atoms with van der Waals surface area (Å²) in [6, 6.07) is 13.4. The van der Waals surface area contributed by atoms with E-state index in [0.29, 0.717) is 17.3 Å². The summed E-state index contributed by atoms with van der Waals surface area (Å²) in [5.41, 5.74) is 5.10. The van der Waals surface area contributed by atoms with Gasteiger partial charge in [-0.2, -0.15) is 0 Å². The lowest BCUT2D eigenvalue weighted by Crippen LogP contribution is -2.15. The maximum atomic E-state index is 12.6. The van der Waals surface area contributed by atoms with Crippen LogP contribution in [-0.2, 0) is 0 Å². The van der Waals surface area contributed by atoms with Crippen LogP contribution in [0.1, 0.15) is 27.2 Å². The van der Waals surface area contributed by atoms with E-state index in [4.69, 9.17) is 4.74 Å². The van der Waals surface area contributed by atoms with Gasteiger partial charge in [0.25, 0.3) is 5.91 Å². The lowest BCUT2D eigenvalue weighted by Gasteiger charge is -2.11. The van der Waals surface area contributed by atoms with Gasteiger partial charge in [-0.15, -0.1) is 0 Å². The number of ether oxygens (including phenoxy) is 1. The largest absolute Gasteiger partial charge is 0.495 e. The smallest absolute Gasteiger partial charge is 0.274 e. The molecule has 2 N–H and O–H groups in total. The summed E-state index contributed by atoms with van der Waals surface area (Å²) in [5.74, 6) is 0.817. The second-order valence-corrected chi connectivity index (χ2v) is 6.45. The predicted octanol–water partition coefficient (Wildman–Crippen LogP) is 4.41. The molecule has 0 aliphatic heterocycles. The molecule has 6 heteroatoms. The Morgan fingerprint density at radius 2 is 1.67 bits per heavy atom. The molecule has 0 spiro atoms. The van der Waals surface area contributed by atoms with Crippen LogP contribution in [0.25, 0.3) is 0 Å². The number of anilines is 3. The summed E-state index contributed by atoms with van der Waals surface area (Å²) in [4.78, 5) is 20.9. The van der Waals surface area contributed by atoms with Gasteiger partial charge in [0.15, 0.2) is 0 Å². The molecule has 27 heavy (non-hydrogen) atoms. The number of hydrogen-bond donors (Lipinski definition) is 2. The first-order valence-corrected chi connectivity index (χ1v) is 8.58. The number of aromatic nitrogens is 2. The molecule has 138 valence electrons. The van der Waals surface area contributed by atoms with E-state index in [1.54, 1.807) is 13.2 Å². The summed E-state index contributed by atoms with van der Waals surface area (Å²) in [7, 11) is 1.57. The molecule has 0 saturated heterocycles. The first-order valence-electron chi connectivity index (χ1n) is 8.58. The molecule has 0 aliphatic rings. The molecule has 6 nitrogen and oxygen atoms in total. The van der Waals surface area contributed by atoms with Gasteiger partial charge in [-0.05, 0) is 61.7 Å². The van der Waals surface area contributed by atoms with Crippen molar-refractivity contribution in [1.29, 1.82) is 0 Å². The standard InChI is InChI=1S/C21H22N4O2/c1-13-5-6-19(27-4)17(10-13)25-21(26)18-11-20(23-12-22-18)24-16-8-14(2)7-15(3)9-16/h5-12H,1-4H3,(H,25,26)(H,22,23,24). The molecular formula is C21H22N4O2. The third-order valence-corrected chi connectivity index (χ3v) is 4.00. The van der Waals surface area contributed by atoms with Gasteiger partial charge in [0.1, 0.15) is 23.6 Å². The average Bonchev–Trinajstić information content (AvgIpc) is 2.61. The molecule has 0 bridgehead atoms. The maximum Gasteiger partial charge on any atom is 0.274 e. The second-order valence-electron chi connectivity index (χ2n) is 6.45. The fraction of sp³-hybridized carbons (Fsp3) is 0.190. The van der Waals surface area contributed by atoms with Gasteiger partial charge in [0.05, 0.1) is 12.8 Å².